The Morgan fingerprint density at radius 3 is 2.00 bits per heavy atom. The number of hydrogen-bond donors (Lipinski definition) is 0. The minimum atomic E-state index is 0. The van der Waals surface area contributed by atoms with Crippen LogP contribution in [0.25, 0.3) is 0 Å². The molecule has 0 atom stereocenters. The van der Waals surface area contributed by atoms with Gasteiger partial charge in [-0.2, -0.15) is 0 Å². The molecule has 0 radical (unpaired) electrons. The first-order chi connectivity index (χ1) is 13.3. The molecular weight excluding hydrogens is 368 g/mol. The molecule has 1 aliphatic rings. The first-order valence-electron chi connectivity index (χ1n) is 10.4. The van der Waals surface area contributed by atoms with E-state index in [0.29, 0.717) is 18.4 Å². The second-order valence-electron chi connectivity index (χ2n) is 7.48. The topological polar surface area (TPSA) is 23.6 Å². The third-order valence-electron chi connectivity index (χ3n) is 5.66. The maximum atomic E-state index is 12.5. The number of carbonyl (C=O) groups excluding carboxylic acids is 1. The van der Waals surface area contributed by atoms with Crippen molar-refractivity contribution in [3.05, 3.63) is 71.8 Å². The van der Waals surface area contributed by atoms with Crippen molar-refractivity contribution in [1.82, 2.24) is 9.80 Å². The highest BCUT2D eigenvalue weighted by molar-refractivity contribution is 5.85. The molecule has 0 aromatic heterocycles. The van der Waals surface area contributed by atoms with Gasteiger partial charge in [0.2, 0.25) is 5.91 Å². The van der Waals surface area contributed by atoms with E-state index < -0.39 is 0 Å². The van der Waals surface area contributed by atoms with Gasteiger partial charge in [-0.15, -0.1) is 12.4 Å². The monoisotopic (exact) mass is 400 g/mol. The van der Waals surface area contributed by atoms with Crippen LogP contribution in [-0.4, -0.2) is 47.9 Å². The number of nitrogens with zero attached hydrogens (tertiary/aromatic N) is 2. The summed E-state index contributed by atoms with van der Waals surface area (Å²) >= 11 is 0. The number of benzene rings is 2. The molecule has 0 N–H and O–H groups in total. The summed E-state index contributed by atoms with van der Waals surface area (Å²) in [6.45, 7) is 6.12. The van der Waals surface area contributed by atoms with E-state index in [1.165, 1.54) is 11.1 Å². The lowest BCUT2D eigenvalue weighted by Crippen LogP contribution is -2.48. The van der Waals surface area contributed by atoms with Gasteiger partial charge in [-0.25, -0.2) is 0 Å². The van der Waals surface area contributed by atoms with Crippen LogP contribution >= 0.6 is 12.4 Å². The van der Waals surface area contributed by atoms with Gasteiger partial charge in [-0.3, -0.25) is 4.79 Å². The number of amides is 1. The number of carbonyl (C=O) groups is 1. The summed E-state index contributed by atoms with van der Waals surface area (Å²) in [7, 11) is 0. The lowest BCUT2D eigenvalue weighted by atomic mass is 10.0. The Morgan fingerprint density at radius 1 is 0.929 bits per heavy atom. The van der Waals surface area contributed by atoms with Crippen LogP contribution in [0.5, 0.6) is 0 Å². The van der Waals surface area contributed by atoms with Gasteiger partial charge in [0.15, 0.2) is 0 Å². The molecule has 1 aliphatic heterocycles. The van der Waals surface area contributed by atoms with Crippen LogP contribution in [0.2, 0.25) is 0 Å². The largest absolute Gasteiger partial charge is 0.339 e. The van der Waals surface area contributed by atoms with Crippen molar-refractivity contribution < 1.29 is 4.79 Å². The fourth-order valence-electron chi connectivity index (χ4n) is 3.99. The number of piperidine rings is 1. The normalized spacial score (nSPS) is 15.0. The molecule has 0 aliphatic carbocycles. The summed E-state index contributed by atoms with van der Waals surface area (Å²) in [6.07, 6.45) is 4.84. The molecule has 0 bridgehead atoms. The minimum absolute atomic E-state index is 0. The molecule has 1 fully saturated rings. The zero-order chi connectivity index (χ0) is 18.9. The highest BCUT2D eigenvalue weighted by Gasteiger charge is 2.26. The van der Waals surface area contributed by atoms with Crippen molar-refractivity contribution >= 4 is 18.3 Å². The van der Waals surface area contributed by atoms with Crippen molar-refractivity contribution in [3.8, 4) is 0 Å². The van der Waals surface area contributed by atoms with E-state index in [0.717, 1.165) is 51.9 Å². The van der Waals surface area contributed by atoms with Crippen LogP contribution in [0, 0.1) is 0 Å². The first kappa shape index (κ1) is 22.4. The predicted molar refractivity (Wildman–Crippen MR) is 119 cm³/mol. The molecule has 2 aromatic rings. The van der Waals surface area contributed by atoms with Crippen LogP contribution in [0.1, 0.15) is 37.3 Å². The lowest BCUT2D eigenvalue weighted by Gasteiger charge is -2.38. The van der Waals surface area contributed by atoms with E-state index in [1.54, 1.807) is 0 Å². The van der Waals surface area contributed by atoms with Gasteiger partial charge < -0.3 is 9.80 Å². The Morgan fingerprint density at radius 2 is 1.46 bits per heavy atom. The molecular formula is C24H33ClN2O. The molecule has 1 saturated heterocycles. The summed E-state index contributed by atoms with van der Waals surface area (Å²) in [5.74, 6) is 0.300. The van der Waals surface area contributed by atoms with Crippen LogP contribution in [0.15, 0.2) is 60.7 Å². The lowest BCUT2D eigenvalue weighted by molar-refractivity contribution is -0.134. The third kappa shape index (κ3) is 6.65. The van der Waals surface area contributed by atoms with E-state index in [1.807, 2.05) is 13.0 Å². The molecule has 1 heterocycles. The maximum absolute atomic E-state index is 12.5. The molecule has 3 nitrogen and oxygen atoms in total. The average Bonchev–Trinajstić information content (AvgIpc) is 2.74. The van der Waals surface area contributed by atoms with Gasteiger partial charge in [-0.1, -0.05) is 67.6 Å². The molecule has 0 saturated carbocycles. The van der Waals surface area contributed by atoms with Gasteiger partial charge in [0.25, 0.3) is 0 Å². The van der Waals surface area contributed by atoms with E-state index in [4.69, 9.17) is 0 Å². The van der Waals surface area contributed by atoms with Crippen LogP contribution < -0.4 is 0 Å². The van der Waals surface area contributed by atoms with Gasteiger partial charge in [-0.05, 0) is 36.8 Å². The minimum Gasteiger partial charge on any atom is -0.339 e. The summed E-state index contributed by atoms with van der Waals surface area (Å²) < 4.78 is 0. The molecule has 0 spiro atoms. The Hall–Kier alpha value is -1.84. The van der Waals surface area contributed by atoms with Crippen molar-refractivity contribution in [3.63, 3.8) is 0 Å². The van der Waals surface area contributed by atoms with Crippen molar-refractivity contribution in [2.24, 2.45) is 0 Å². The highest BCUT2D eigenvalue weighted by Crippen LogP contribution is 2.19. The van der Waals surface area contributed by atoms with E-state index in [2.05, 4.69) is 64.4 Å². The van der Waals surface area contributed by atoms with Crippen LogP contribution in [0.4, 0.5) is 0 Å². The number of halogens is 1. The second kappa shape index (κ2) is 11.9. The molecule has 2 aromatic carbocycles. The quantitative estimate of drug-likeness (QED) is 0.646. The molecule has 28 heavy (non-hydrogen) atoms. The van der Waals surface area contributed by atoms with Crippen LogP contribution in [0.3, 0.4) is 0 Å². The SMILES string of the molecule is CCC(=O)N(CCc1ccccc1)C1CCN(CCc2ccccc2)CC1.Cl. The summed E-state index contributed by atoms with van der Waals surface area (Å²) in [4.78, 5) is 17.2. The van der Waals surface area contributed by atoms with Gasteiger partial charge in [0.1, 0.15) is 0 Å². The molecule has 3 rings (SSSR count). The summed E-state index contributed by atoms with van der Waals surface area (Å²) in [5.41, 5.74) is 2.72. The molecule has 4 heteroatoms. The molecule has 0 unspecified atom stereocenters. The molecule has 152 valence electrons. The summed E-state index contributed by atoms with van der Waals surface area (Å²) in [6, 6.07) is 21.6. The zero-order valence-corrected chi connectivity index (χ0v) is 17.7. The van der Waals surface area contributed by atoms with Crippen molar-refractivity contribution in [1.29, 1.82) is 0 Å². The fourth-order valence-corrected chi connectivity index (χ4v) is 3.99. The number of hydrogen-bond acceptors (Lipinski definition) is 2. The van der Waals surface area contributed by atoms with Crippen molar-refractivity contribution in [2.45, 2.75) is 45.1 Å². The van der Waals surface area contributed by atoms with E-state index >= 15 is 0 Å². The van der Waals surface area contributed by atoms with Gasteiger partial charge in [0.05, 0.1) is 0 Å². The van der Waals surface area contributed by atoms with Gasteiger partial charge >= 0.3 is 0 Å². The fraction of sp³-hybridized carbons (Fsp3) is 0.458. The molecule has 1 amide bonds. The average molecular weight is 401 g/mol. The maximum Gasteiger partial charge on any atom is 0.222 e. The van der Waals surface area contributed by atoms with Crippen LogP contribution in [-0.2, 0) is 17.6 Å². The third-order valence-corrected chi connectivity index (χ3v) is 5.66. The highest BCUT2D eigenvalue weighted by atomic mass is 35.5. The first-order valence-corrected chi connectivity index (χ1v) is 10.4. The van der Waals surface area contributed by atoms with Crippen molar-refractivity contribution in [2.75, 3.05) is 26.2 Å². The smallest absolute Gasteiger partial charge is 0.222 e. The second-order valence-corrected chi connectivity index (χ2v) is 7.48. The van der Waals surface area contributed by atoms with Gasteiger partial charge in [0, 0.05) is 38.6 Å². The Labute approximate surface area is 176 Å². The Kier molecular flexibility index (Phi) is 9.52. The zero-order valence-electron chi connectivity index (χ0n) is 16.9. The Balaban J connectivity index is 0.00000280. The van der Waals surface area contributed by atoms with E-state index in [-0.39, 0.29) is 12.4 Å². The number of rotatable bonds is 8. The predicted octanol–water partition coefficient (Wildman–Crippen LogP) is 4.60. The van der Waals surface area contributed by atoms with E-state index in [9.17, 15) is 4.79 Å². The summed E-state index contributed by atoms with van der Waals surface area (Å²) in [5, 5.41) is 0. The number of likely N-dealkylation sites (tertiary alicyclic amines) is 1. The Bertz CT molecular complexity index is 684. The standard InChI is InChI=1S/C24H32N2O.ClH/c1-2-24(27)26(20-14-22-11-7-4-8-12-22)23-15-18-25(19-16-23)17-13-21-9-5-3-6-10-21;/h3-12,23H,2,13-20H2,1H3;1H.